The second-order valence-corrected chi connectivity index (χ2v) is 15.0. The van der Waals surface area contributed by atoms with Gasteiger partial charge in [0.1, 0.15) is 26.8 Å². The zero-order chi connectivity index (χ0) is 43.5. The number of anilines is 3. The highest BCUT2D eigenvalue weighted by atomic mass is 32.2. The summed E-state index contributed by atoms with van der Waals surface area (Å²) < 4.78 is 69.4. The van der Waals surface area contributed by atoms with Crippen LogP contribution in [0.25, 0.3) is 6.08 Å². The number of ketones is 1. The van der Waals surface area contributed by atoms with Crippen LogP contribution in [-0.2, 0) is 20.2 Å². The molecule has 0 spiro atoms. The predicted molar refractivity (Wildman–Crippen MR) is 213 cm³/mol. The second kappa shape index (κ2) is 16.4. The van der Waals surface area contributed by atoms with Crippen LogP contribution in [0, 0.1) is 10.1 Å². The molecule has 0 heterocycles. The molecule has 0 atom stereocenters. The van der Waals surface area contributed by atoms with Crippen LogP contribution < -0.4 is 16.5 Å². The number of carbonyl (C=O) groups excluding carboxylic acids is 2. The summed E-state index contributed by atoms with van der Waals surface area (Å²) in [6.07, 6.45) is 0.704. The third kappa shape index (κ3) is 9.21. The normalized spacial score (nSPS) is 13.6. The number of carboxylic acids is 1. The molecule has 0 aromatic heterocycles. The van der Waals surface area contributed by atoms with E-state index in [1.807, 2.05) is 0 Å². The van der Waals surface area contributed by atoms with Crippen molar-refractivity contribution in [2.75, 3.05) is 16.5 Å². The van der Waals surface area contributed by atoms with Crippen molar-refractivity contribution >= 4 is 95.2 Å². The summed E-state index contributed by atoms with van der Waals surface area (Å²) in [7, 11) is -10.4. The van der Waals surface area contributed by atoms with Crippen LogP contribution in [0.1, 0.15) is 36.6 Å². The molecule has 8 N–H and O–H groups in total. The number of Topliss-reactive ketones (excluding diaryl/α,β-unsaturated/α-hetero) is 1. The van der Waals surface area contributed by atoms with Crippen molar-refractivity contribution in [1.82, 2.24) is 0 Å². The summed E-state index contributed by atoms with van der Waals surface area (Å²) in [6.45, 7) is 0. The first-order chi connectivity index (χ1) is 28.3. The maximum atomic E-state index is 13.8. The number of rotatable bonds is 12. The number of aromatic carboxylic acids is 1. The molecule has 1 aliphatic rings. The number of benzene rings is 5. The molecule has 6 rings (SSSR count). The molecule has 24 heteroatoms. The summed E-state index contributed by atoms with van der Waals surface area (Å²) in [6, 6.07) is 20.4. The zero-order valence-electron chi connectivity index (χ0n) is 29.9. The second-order valence-electron chi connectivity index (χ2n) is 12.2. The molecular formula is C36H25N9O13S2. The molecule has 0 fully saturated rings. The lowest BCUT2D eigenvalue weighted by Gasteiger charge is -2.20. The number of amides is 1. The van der Waals surface area contributed by atoms with E-state index in [1.165, 1.54) is 72.8 Å². The van der Waals surface area contributed by atoms with Crippen molar-refractivity contribution in [1.29, 1.82) is 0 Å². The highest BCUT2D eigenvalue weighted by molar-refractivity contribution is 7.91. The van der Waals surface area contributed by atoms with E-state index in [9.17, 15) is 55.5 Å². The van der Waals surface area contributed by atoms with E-state index in [-0.39, 0.29) is 33.9 Å². The number of nitro groups is 1. The van der Waals surface area contributed by atoms with Crippen LogP contribution in [0.4, 0.5) is 45.5 Å². The quantitative estimate of drug-likeness (QED) is 0.0223. The summed E-state index contributed by atoms with van der Waals surface area (Å²) >= 11 is 0. The fourth-order valence-electron chi connectivity index (χ4n) is 5.35. The van der Waals surface area contributed by atoms with Gasteiger partial charge in [-0.1, -0.05) is 0 Å². The standard InChI is InChI=1S/C36H25N9O13S2/c37-31-30-19(15-28(59(53,54)55)32(31)43-40-23-9-12-25(13-10-23)45(51)52)16-29(60(56,57)58)33(34(30)47)44-41-22-7-5-20(6-8-22)38-35(48)18-1-3-21(4-2-18)39-42-24-11-14-27(46)26(17-24)36(49)50/h1-17,41,46H,37H2,(H,38,48)(H,49,50)(H,53,54,55)(H,56,57,58). The third-order valence-corrected chi connectivity index (χ3v) is 9.97. The van der Waals surface area contributed by atoms with Gasteiger partial charge in [0, 0.05) is 23.4 Å². The van der Waals surface area contributed by atoms with Gasteiger partial charge in [0.05, 0.1) is 38.9 Å². The number of carbonyl (C=O) groups is 3. The number of allylic oxidation sites excluding steroid dienone is 1. The average molecular weight is 856 g/mol. The Balaban J connectivity index is 1.20. The number of nitrogens with two attached hydrogens (primary N) is 1. The minimum absolute atomic E-state index is 0.0157. The fraction of sp³-hybridized carbons (Fsp3) is 0. The largest absolute Gasteiger partial charge is 0.507 e. The minimum Gasteiger partial charge on any atom is -0.507 e. The Morgan fingerprint density at radius 2 is 1.32 bits per heavy atom. The molecular weight excluding hydrogens is 831 g/mol. The molecule has 5 aromatic carbocycles. The molecule has 1 aliphatic carbocycles. The number of azo groups is 2. The van der Waals surface area contributed by atoms with Gasteiger partial charge in [-0.25, -0.2) is 4.79 Å². The number of hydrazone groups is 1. The molecule has 22 nitrogen and oxygen atoms in total. The van der Waals surface area contributed by atoms with Gasteiger partial charge in [0.15, 0.2) is 5.71 Å². The van der Waals surface area contributed by atoms with Gasteiger partial charge in [-0.15, -0.1) is 5.11 Å². The summed E-state index contributed by atoms with van der Waals surface area (Å²) in [5.41, 5.74) is 5.89. The Morgan fingerprint density at radius 1 is 0.750 bits per heavy atom. The first kappa shape index (κ1) is 41.6. The molecule has 1 amide bonds. The van der Waals surface area contributed by atoms with Gasteiger partial charge in [-0.3, -0.25) is 34.2 Å². The monoisotopic (exact) mass is 855 g/mol. The van der Waals surface area contributed by atoms with Crippen LogP contribution in [0.15, 0.2) is 132 Å². The van der Waals surface area contributed by atoms with Crippen molar-refractivity contribution < 1.29 is 55.5 Å². The smallest absolute Gasteiger partial charge is 0.339 e. The molecule has 0 saturated carbocycles. The number of nitro benzene ring substituents is 1. The molecule has 0 saturated heterocycles. The van der Waals surface area contributed by atoms with Crippen molar-refractivity contribution in [2.45, 2.75) is 4.90 Å². The molecule has 0 radical (unpaired) electrons. The van der Waals surface area contributed by atoms with E-state index in [1.54, 1.807) is 0 Å². The number of nitrogens with one attached hydrogen (secondary N) is 2. The molecule has 0 unspecified atom stereocenters. The van der Waals surface area contributed by atoms with Gasteiger partial charge in [0.25, 0.3) is 31.8 Å². The van der Waals surface area contributed by atoms with Gasteiger partial charge in [0.2, 0.25) is 5.78 Å². The molecule has 304 valence electrons. The Labute approximate surface area is 336 Å². The highest BCUT2D eigenvalue weighted by Crippen LogP contribution is 2.41. The number of nitrogens with zero attached hydrogens (tertiary/aromatic N) is 6. The van der Waals surface area contributed by atoms with Crippen LogP contribution >= 0.6 is 0 Å². The number of nitrogen functional groups attached to an aromatic ring is 1. The van der Waals surface area contributed by atoms with Crippen LogP contribution in [0.2, 0.25) is 0 Å². The maximum absolute atomic E-state index is 13.8. The van der Waals surface area contributed by atoms with Crippen LogP contribution in [-0.4, -0.2) is 64.4 Å². The number of hydrogen-bond donors (Lipinski definition) is 7. The number of carboxylic acid groups (broad SMARTS) is 1. The first-order valence-electron chi connectivity index (χ1n) is 16.5. The fourth-order valence-corrected chi connectivity index (χ4v) is 6.68. The SMILES string of the molecule is Nc1c(N=Nc2ccc([N+](=O)[O-])cc2)c(S(=O)(=O)O)cc2c1C(=O)C(=NNc1ccc(NC(=O)c3ccc(N=Nc4ccc(O)c(C(=O)O)c4)cc3)cc1)C(S(=O)(=O)O)=C2. The van der Waals surface area contributed by atoms with Crippen molar-refractivity contribution in [3.8, 4) is 5.75 Å². The summed E-state index contributed by atoms with van der Waals surface area (Å²) in [5, 5.41) is 51.8. The average Bonchev–Trinajstić information content (AvgIpc) is 3.19. The first-order valence-corrected chi connectivity index (χ1v) is 19.4. The van der Waals surface area contributed by atoms with E-state index in [0.717, 1.165) is 18.2 Å². The Bertz CT molecular complexity index is 2970. The maximum Gasteiger partial charge on any atom is 0.339 e. The Kier molecular flexibility index (Phi) is 11.4. The highest BCUT2D eigenvalue weighted by Gasteiger charge is 2.37. The lowest BCUT2D eigenvalue weighted by molar-refractivity contribution is -0.384. The van der Waals surface area contributed by atoms with E-state index in [4.69, 9.17) is 10.8 Å². The zero-order valence-corrected chi connectivity index (χ0v) is 31.5. The molecule has 60 heavy (non-hydrogen) atoms. The van der Waals surface area contributed by atoms with Gasteiger partial charge in [-0.05, 0) is 96.6 Å². The number of hydrogen-bond acceptors (Lipinski definition) is 17. The lowest BCUT2D eigenvalue weighted by atomic mass is 9.92. The number of aromatic hydroxyl groups is 1. The van der Waals surface area contributed by atoms with E-state index >= 15 is 0 Å². The van der Waals surface area contributed by atoms with E-state index in [0.29, 0.717) is 23.5 Å². The molecule has 5 aromatic rings. The molecule has 0 bridgehead atoms. The predicted octanol–water partition coefficient (Wildman–Crippen LogP) is 6.80. The summed E-state index contributed by atoms with van der Waals surface area (Å²) in [5.74, 6) is -3.52. The van der Waals surface area contributed by atoms with E-state index in [2.05, 4.69) is 36.3 Å². The number of phenols is 1. The van der Waals surface area contributed by atoms with Crippen molar-refractivity contribution in [2.24, 2.45) is 25.6 Å². The van der Waals surface area contributed by atoms with Crippen molar-refractivity contribution in [3.05, 3.63) is 134 Å². The minimum atomic E-state index is -5.21. The van der Waals surface area contributed by atoms with Crippen LogP contribution in [0.3, 0.4) is 0 Å². The Morgan fingerprint density at radius 3 is 1.90 bits per heavy atom. The van der Waals surface area contributed by atoms with Gasteiger partial charge >= 0.3 is 5.97 Å². The summed E-state index contributed by atoms with van der Waals surface area (Å²) in [4.78, 5) is 46.2. The lowest BCUT2D eigenvalue weighted by Crippen LogP contribution is -2.28. The van der Waals surface area contributed by atoms with Crippen LogP contribution in [0.5, 0.6) is 5.75 Å². The third-order valence-electron chi connectivity index (χ3n) is 8.24. The molecule has 0 aliphatic heterocycles. The van der Waals surface area contributed by atoms with Gasteiger partial charge in [-0.2, -0.15) is 37.3 Å². The van der Waals surface area contributed by atoms with Crippen molar-refractivity contribution in [3.63, 3.8) is 0 Å². The van der Waals surface area contributed by atoms with Gasteiger partial charge < -0.3 is 21.3 Å². The topological polar surface area (TPSA) is 355 Å². The number of non-ortho nitro benzene ring substituents is 1. The Hall–Kier alpha value is -8.06. The number of fused-ring (bicyclic) bond motifs is 1. The van der Waals surface area contributed by atoms with E-state index < -0.39 is 86.6 Å².